The Hall–Kier alpha value is -1.14. The summed E-state index contributed by atoms with van der Waals surface area (Å²) < 4.78 is 4.75. The zero-order valence-corrected chi connectivity index (χ0v) is 17.5. The smallest absolute Gasteiger partial charge is 0.305 e. The first-order valence-corrected chi connectivity index (χ1v) is 10.6. The fourth-order valence-electron chi connectivity index (χ4n) is 2.42. The fraction of sp³-hybridized carbons (Fsp3) is 0.905. The first kappa shape index (κ1) is 28.1. The van der Waals surface area contributed by atoms with Gasteiger partial charge in [0.05, 0.1) is 6.61 Å². The van der Waals surface area contributed by atoms with Crippen molar-refractivity contribution in [3.05, 3.63) is 0 Å². The Morgan fingerprint density at radius 3 is 1.67 bits per heavy atom. The van der Waals surface area contributed by atoms with Crippen LogP contribution in [0.3, 0.4) is 0 Å². The van der Waals surface area contributed by atoms with E-state index in [0.29, 0.717) is 12.8 Å². The van der Waals surface area contributed by atoms with Crippen molar-refractivity contribution in [1.82, 2.24) is 0 Å². The highest BCUT2D eigenvalue weighted by Gasteiger charge is 2.07. The number of unbranched alkanes of at least 4 members (excludes halogenated alkanes) is 10. The molecule has 0 spiro atoms. The van der Waals surface area contributed by atoms with Crippen LogP contribution in [0.15, 0.2) is 0 Å². The number of rotatable bonds is 17. The number of carboxylic acid groups (broad SMARTS) is 1. The lowest BCUT2D eigenvalue weighted by molar-refractivity contribution is -0.147. The van der Waals surface area contributed by atoms with Crippen molar-refractivity contribution in [2.45, 2.75) is 110 Å². The van der Waals surface area contributed by atoms with E-state index >= 15 is 0 Å². The van der Waals surface area contributed by atoms with E-state index in [1.807, 2.05) is 0 Å². The molecule has 0 amide bonds. The quantitative estimate of drug-likeness (QED) is 0.250. The van der Waals surface area contributed by atoms with Crippen molar-refractivity contribution in [3.8, 4) is 0 Å². The maximum absolute atomic E-state index is 11.1. The second-order valence-corrected chi connectivity index (χ2v) is 6.95. The molecule has 0 rings (SSSR count). The first-order valence-electron chi connectivity index (χ1n) is 10.6. The van der Waals surface area contributed by atoms with E-state index in [-0.39, 0.29) is 19.2 Å². The minimum Gasteiger partial charge on any atom is -0.481 e. The van der Waals surface area contributed by atoms with Gasteiger partial charge < -0.3 is 20.1 Å². The normalized spacial score (nSPS) is 11.4. The average Bonchev–Trinajstić information content (AvgIpc) is 2.65. The van der Waals surface area contributed by atoms with E-state index in [0.717, 1.165) is 32.1 Å². The number of hydrogen-bond acceptors (Lipinski definition) is 5. The molecule has 0 aromatic carbocycles. The molecule has 0 saturated heterocycles. The Morgan fingerprint density at radius 2 is 1.22 bits per heavy atom. The van der Waals surface area contributed by atoms with E-state index in [4.69, 9.17) is 20.1 Å². The molecule has 0 bridgehead atoms. The zero-order valence-electron chi connectivity index (χ0n) is 17.5. The van der Waals surface area contributed by atoms with Gasteiger partial charge in [0.15, 0.2) is 0 Å². The van der Waals surface area contributed by atoms with Gasteiger partial charge in [-0.15, -0.1) is 0 Å². The third-order valence-corrected chi connectivity index (χ3v) is 4.13. The van der Waals surface area contributed by atoms with Gasteiger partial charge >= 0.3 is 11.9 Å². The molecule has 0 aliphatic carbocycles. The summed E-state index contributed by atoms with van der Waals surface area (Å²) in [6.45, 7) is 3.86. The van der Waals surface area contributed by atoms with Crippen molar-refractivity contribution in [2.75, 3.05) is 13.2 Å². The molecule has 0 aliphatic rings. The van der Waals surface area contributed by atoms with Crippen LogP contribution in [0, 0.1) is 0 Å². The molecule has 1 unspecified atom stereocenters. The molecule has 1 atom stereocenters. The highest BCUT2D eigenvalue weighted by Crippen LogP contribution is 2.08. The number of carbonyl (C=O) groups is 2. The second-order valence-electron chi connectivity index (χ2n) is 6.95. The minimum absolute atomic E-state index is 0.107. The number of carbonyl (C=O) groups excluding carboxylic acids is 1. The fourth-order valence-corrected chi connectivity index (χ4v) is 2.42. The maximum Gasteiger partial charge on any atom is 0.305 e. The molecule has 6 nitrogen and oxygen atoms in total. The summed E-state index contributed by atoms with van der Waals surface area (Å²) in [7, 11) is 0. The lowest BCUT2D eigenvalue weighted by Gasteiger charge is -2.08. The Balaban J connectivity index is 0. The number of aliphatic carboxylic acids is 1. The monoisotopic (exact) mass is 390 g/mol. The van der Waals surface area contributed by atoms with E-state index < -0.39 is 12.1 Å². The summed E-state index contributed by atoms with van der Waals surface area (Å²) in [5.41, 5.74) is 0. The predicted octanol–water partition coefficient (Wildman–Crippen LogP) is 4.46. The standard InChI is InChI=1S/C11H22O4.C10H20O2/c1-2-3-4-5-6-7-11(14)15-9-10(13)8-12;1-2-3-4-5-6-7-8-9-10(11)12/h10,12-13H,2-9H2,1H3;2-9H2,1H3,(H,11,12). The molecule has 0 saturated carbocycles. The molecule has 0 radical (unpaired) electrons. The maximum atomic E-state index is 11.1. The van der Waals surface area contributed by atoms with Crippen molar-refractivity contribution >= 4 is 11.9 Å². The molecular formula is C21H42O6. The molecule has 0 heterocycles. The first-order chi connectivity index (χ1) is 13.0. The molecule has 0 aromatic heterocycles. The lowest BCUT2D eigenvalue weighted by Crippen LogP contribution is -2.21. The van der Waals surface area contributed by atoms with Gasteiger partial charge in [0.25, 0.3) is 0 Å². The highest BCUT2D eigenvalue weighted by molar-refractivity contribution is 5.69. The number of esters is 1. The van der Waals surface area contributed by atoms with Crippen molar-refractivity contribution < 1.29 is 29.6 Å². The number of ether oxygens (including phenoxy) is 1. The molecule has 162 valence electrons. The molecule has 0 fully saturated rings. The number of carboxylic acids is 1. The Morgan fingerprint density at radius 1 is 0.778 bits per heavy atom. The predicted molar refractivity (Wildman–Crippen MR) is 108 cm³/mol. The largest absolute Gasteiger partial charge is 0.481 e. The Labute approximate surface area is 165 Å². The van der Waals surface area contributed by atoms with Gasteiger partial charge in [0, 0.05) is 12.8 Å². The van der Waals surface area contributed by atoms with Gasteiger partial charge in [-0.05, 0) is 12.8 Å². The van der Waals surface area contributed by atoms with E-state index in [1.165, 1.54) is 44.9 Å². The average molecular weight is 391 g/mol. The third kappa shape index (κ3) is 27.2. The summed E-state index contributed by atoms with van der Waals surface area (Å²) in [6.07, 6.45) is 13.5. The topological polar surface area (TPSA) is 104 Å². The molecule has 0 aliphatic heterocycles. The second kappa shape index (κ2) is 22.9. The van der Waals surface area contributed by atoms with E-state index in [1.54, 1.807) is 0 Å². The molecule has 3 N–H and O–H groups in total. The number of aliphatic hydroxyl groups excluding tert-OH is 2. The molecule has 0 aromatic rings. The minimum atomic E-state index is -0.950. The van der Waals surface area contributed by atoms with Crippen molar-refractivity contribution in [2.24, 2.45) is 0 Å². The van der Waals surface area contributed by atoms with Crippen LogP contribution in [0.2, 0.25) is 0 Å². The summed E-state index contributed by atoms with van der Waals surface area (Å²) in [5, 5.41) is 25.8. The van der Waals surface area contributed by atoms with Crippen molar-refractivity contribution in [1.29, 1.82) is 0 Å². The lowest BCUT2D eigenvalue weighted by atomic mass is 10.1. The SMILES string of the molecule is CCCCCCCC(=O)OCC(O)CO.CCCCCCCCCC(=O)O. The van der Waals surface area contributed by atoms with Gasteiger partial charge in [-0.2, -0.15) is 0 Å². The molecular weight excluding hydrogens is 348 g/mol. The highest BCUT2D eigenvalue weighted by atomic mass is 16.5. The van der Waals surface area contributed by atoms with Crippen LogP contribution in [0.4, 0.5) is 0 Å². The summed E-state index contributed by atoms with van der Waals surface area (Å²) in [5.74, 6) is -0.956. The van der Waals surface area contributed by atoms with E-state index in [2.05, 4.69) is 13.8 Å². The Bertz CT molecular complexity index is 333. The van der Waals surface area contributed by atoms with Gasteiger partial charge in [0.1, 0.15) is 12.7 Å². The summed E-state index contributed by atoms with van der Waals surface area (Å²) in [4.78, 5) is 21.2. The van der Waals surface area contributed by atoms with Gasteiger partial charge in [-0.25, -0.2) is 0 Å². The van der Waals surface area contributed by atoms with Crippen LogP contribution in [-0.2, 0) is 14.3 Å². The van der Waals surface area contributed by atoms with Crippen LogP contribution < -0.4 is 0 Å². The molecule has 6 heteroatoms. The van der Waals surface area contributed by atoms with Crippen LogP contribution in [0.1, 0.15) is 104 Å². The van der Waals surface area contributed by atoms with Gasteiger partial charge in [0.2, 0.25) is 0 Å². The van der Waals surface area contributed by atoms with Crippen LogP contribution in [0.5, 0.6) is 0 Å². The van der Waals surface area contributed by atoms with E-state index in [9.17, 15) is 9.59 Å². The van der Waals surface area contributed by atoms with Crippen LogP contribution in [-0.4, -0.2) is 46.6 Å². The number of aliphatic hydroxyl groups is 2. The Kier molecular flexibility index (Phi) is 23.8. The van der Waals surface area contributed by atoms with Crippen LogP contribution >= 0.6 is 0 Å². The summed E-state index contributed by atoms with van der Waals surface area (Å²) in [6, 6.07) is 0. The van der Waals surface area contributed by atoms with Gasteiger partial charge in [-0.1, -0.05) is 78.1 Å². The zero-order chi connectivity index (χ0) is 20.8. The van der Waals surface area contributed by atoms with Gasteiger partial charge in [-0.3, -0.25) is 9.59 Å². The summed E-state index contributed by atoms with van der Waals surface area (Å²) >= 11 is 0. The third-order valence-electron chi connectivity index (χ3n) is 4.13. The number of hydrogen-bond donors (Lipinski definition) is 3. The van der Waals surface area contributed by atoms with Crippen LogP contribution in [0.25, 0.3) is 0 Å². The molecule has 27 heavy (non-hydrogen) atoms. The van der Waals surface area contributed by atoms with Crippen molar-refractivity contribution in [3.63, 3.8) is 0 Å².